The third-order valence-corrected chi connectivity index (χ3v) is 2.23. The molecule has 1 unspecified atom stereocenters. The van der Waals surface area contributed by atoms with Gasteiger partial charge in [-0.25, -0.2) is 9.18 Å². The van der Waals surface area contributed by atoms with Gasteiger partial charge in [0.1, 0.15) is 11.9 Å². The van der Waals surface area contributed by atoms with Crippen molar-refractivity contribution in [3.63, 3.8) is 0 Å². The second-order valence-corrected chi connectivity index (χ2v) is 3.66. The lowest BCUT2D eigenvalue weighted by Gasteiger charge is -2.12. The number of rotatable bonds is 3. The molecule has 0 aromatic heterocycles. The van der Waals surface area contributed by atoms with Gasteiger partial charge >= 0.3 is 12.0 Å². The van der Waals surface area contributed by atoms with Crippen molar-refractivity contribution in [2.24, 2.45) is 0 Å². The summed E-state index contributed by atoms with van der Waals surface area (Å²) in [7, 11) is 0. The van der Waals surface area contributed by atoms with E-state index in [9.17, 15) is 14.0 Å². The third-order valence-electron chi connectivity index (χ3n) is 1.92. The van der Waals surface area contributed by atoms with E-state index in [1.54, 1.807) is 0 Å². The van der Waals surface area contributed by atoms with Crippen molar-refractivity contribution in [1.29, 1.82) is 0 Å². The molecule has 0 radical (unpaired) electrons. The van der Waals surface area contributed by atoms with Crippen LogP contribution >= 0.6 is 11.6 Å². The molecule has 2 amide bonds. The lowest BCUT2D eigenvalue weighted by atomic mass is 10.3. The molecule has 0 saturated heterocycles. The van der Waals surface area contributed by atoms with Crippen molar-refractivity contribution < 1.29 is 19.1 Å². The molecule has 0 aliphatic rings. The Morgan fingerprint density at radius 3 is 2.65 bits per heavy atom. The number of carboxylic acid groups (broad SMARTS) is 1. The van der Waals surface area contributed by atoms with Crippen molar-refractivity contribution in [3.8, 4) is 0 Å². The van der Waals surface area contributed by atoms with E-state index in [1.165, 1.54) is 19.1 Å². The molecule has 5 nitrogen and oxygen atoms in total. The zero-order valence-electron chi connectivity index (χ0n) is 8.83. The minimum Gasteiger partial charge on any atom is -0.480 e. The standard InChI is InChI=1S/C10H10ClFN2O3/c1-5(9(15)16)13-10(17)14-8-6(11)3-2-4-7(8)12/h2-5H,1H3,(H,15,16)(H2,13,14,17). The predicted molar refractivity (Wildman–Crippen MR) is 60.7 cm³/mol. The molecule has 17 heavy (non-hydrogen) atoms. The van der Waals surface area contributed by atoms with Crippen molar-refractivity contribution in [2.45, 2.75) is 13.0 Å². The SMILES string of the molecule is CC(NC(=O)Nc1c(F)cccc1Cl)C(=O)O. The van der Waals surface area contributed by atoms with Crippen LogP contribution in [0.3, 0.4) is 0 Å². The summed E-state index contributed by atoms with van der Waals surface area (Å²) < 4.78 is 13.3. The summed E-state index contributed by atoms with van der Waals surface area (Å²) in [6.07, 6.45) is 0. The number of amides is 2. The first kappa shape index (κ1) is 13.2. The van der Waals surface area contributed by atoms with Gasteiger partial charge in [0.15, 0.2) is 0 Å². The van der Waals surface area contributed by atoms with Gasteiger partial charge in [0.25, 0.3) is 0 Å². The van der Waals surface area contributed by atoms with Crippen LogP contribution in [0.2, 0.25) is 5.02 Å². The van der Waals surface area contributed by atoms with Crippen molar-refractivity contribution >= 4 is 29.3 Å². The summed E-state index contributed by atoms with van der Waals surface area (Å²) in [5.41, 5.74) is -0.191. The number of carbonyl (C=O) groups is 2. The summed E-state index contributed by atoms with van der Waals surface area (Å²) in [5, 5.41) is 12.8. The number of carbonyl (C=O) groups excluding carboxylic acids is 1. The van der Waals surface area contributed by atoms with Crippen LogP contribution in [0.1, 0.15) is 6.92 Å². The lowest BCUT2D eigenvalue weighted by Crippen LogP contribution is -2.41. The number of urea groups is 1. The first-order valence-corrected chi connectivity index (χ1v) is 5.04. The fourth-order valence-electron chi connectivity index (χ4n) is 1.03. The van der Waals surface area contributed by atoms with Crippen molar-refractivity contribution in [3.05, 3.63) is 29.0 Å². The van der Waals surface area contributed by atoms with E-state index in [-0.39, 0.29) is 10.7 Å². The number of benzene rings is 1. The lowest BCUT2D eigenvalue weighted by molar-refractivity contribution is -0.138. The fourth-order valence-corrected chi connectivity index (χ4v) is 1.24. The minimum atomic E-state index is -1.19. The van der Waals surface area contributed by atoms with Gasteiger partial charge in [-0.05, 0) is 19.1 Å². The Hall–Kier alpha value is -1.82. The van der Waals surface area contributed by atoms with Crippen molar-refractivity contribution in [2.75, 3.05) is 5.32 Å². The van der Waals surface area contributed by atoms with E-state index in [1.807, 2.05) is 0 Å². The van der Waals surface area contributed by atoms with Gasteiger partial charge in [0.05, 0.1) is 10.7 Å². The molecule has 0 aliphatic heterocycles. The molecular formula is C10H10ClFN2O3. The number of carboxylic acids is 1. The molecule has 1 aromatic carbocycles. The number of hydrogen-bond acceptors (Lipinski definition) is 2. The molecule has 0 heterocycles. The Bertz CT molecular complexity index is 433. The van der Waals surface area contributed by atoms with E-state index in [4.69, 9.17) is 16.7 Å². The molecule has 1 rings (SSSR count). The molecule has 0 bridgehead atoms. The smallest absolute Gasteiger partial charge is 0.325 e. The highest BCUT2D eigenvalue weighted by molar-refractivity contribution is 6.33. The Balaban J connectivity index is 2.72. The highest BCUT2D eigenvalue weighted by atomic mass is 35.5. The van der Waals surface area contributed by atoms with E-state index in [0.29, 0.717) is 0 Å². The minimum absolute atomic E-state index is 0.0307. The summed E-state index contributed by atoms with van der Waals surface area (Å²) >= 11 is 5.67. The van der Waals surface area contributed by atoms with Crippen LogP contribution in [0, 0.1) is 5.82 Å². The Morgan fingerprint density at radius 1 is 1.47 bits per heavy atom. The first-order valence-electron chi connectivity index (χ1n) is 4.66. The molecule has 7 heteroatoms. The predicted octanol–water partition coefficient (Wildman–Crippen LogP) is 2.07. The van der Waals surface area contributed by atoms with Gasteiger partial charge in [-0.2, -0.15) is 0 Å². The molecule has 0 fully saturated rings. The zero-order chi connectivity index (χ0) is 13.0. The number of para-hydroxylation sites is 1. The Kier molecular flexibility index (Phi) is 4.28. The fraction of sp³-hybridized carbons (Fsp3) is 0.200. The van der Waals surface area contributed by atoms with E-state index in [0.717, 1.165) is 6.07 Å². The van der Waals surface area contributed by atoms with Gasteiger partial charge in [0.2, 0.25) is 0 Å². The maximum atomic E-state index is 13.3. The second kappa shape index (κ2) is 5.49. The summed E-state index contributed by atoms with van der Waals surface area (Å²) in [6.45, 7) is 1.28. The highest BCUT2D eigenvalue weighted by Crippen LogP contribution is 2.24. The number of nitrogens with one attached hydrogen (secondary N) is 2. The maximum Gasteiger partial charge on any atom is 0.325 e. The molecule has 0 spiro atoms. The molecule has 3 N–H and O–H groups in total. The van der Waals surface area contributed by atoms with Gasteiger partial charge in [0, 0.05) is 0 Å². The van der Waals surface area contributed by atoms with Crippen LogP contribution in [0.4, 0.5) is 14.9 Å². The van der Waals surface area contributed by atoms with Crippen LogP contribution in [-0.4, -0.2) is 23.1 Å². The van der Waals surface area contributed by atoms with Crippen LogP contribution in [0.5, 0.6) is 0 Å². The molecule has 0 saturated carbocycles. The normalized spacial score (nSPS) is 11.7. The van der Waals surface area contributed by atoms with Crippen molar-refractivity contribution in [1.82, 2.24) is 5.32 Å². The number of hydrogen-bond donors (Lipinski definition) is 3. The van der Waals surface area contributed by atoms with Gasteiger partial charge in [-0.3, -0.25) is 4.79 Å². The van der Waals surface area contributed by atoms with E-state index >= 15 is 0 Å². The molecule has 0 aliphatic carbocycles. The molecule has 1 atom stereocenters. The zero-order valence-corrected chi connectivity index (χ0v) is 9.58. The number of anilines is 1. The Labute approximate surface area is 102 Å². The maximum absolute atomic E-state index is 13.3. The summed E-state index contributed by atoms with van der Waals surface area (Å²) in [5.74, 6) is -1.89. The van der Waals surface area contributed by atoms with Gasteiger partial charge in [-0.1, -0.05) is 17.7 Å². The average molecular weight is 261 g/mol. The second-order valence-electron chi connectivity index (χ2n) is 3.26. The van der Waals surface area contributed by atoms with E-state index in [2.05, 4.69) is 10.6 Å². The monoisotopic (exact) mass is 260 g/mol. The van der Waals surface area contributed by atoms with Gasteiger partial charge < -0.3 is 15.7 Å². The summed E-state index contributed by atoms with van der Waals surface area (Å²) in [4.78, 5) is 21.8. The number of aliphatic carboxylic acids is 1. The number of halogens is 2. The topological polar surface area (TPSA) is 78.4 Å². The average Bonchev–Trinajstić information content (AvgIpc) is 2.23. The molecule has 92 valence electrons. The molecular weight excluding hydrogens is 251 g/mol. The quantitative estimate of drug-likeness (QED) is 0.778. The Morgan fingerprint density at radius 2 is 2.12 bits per heavy atom. The third kappa shape index (κ3) is 3.60. The first-order chi connectivity index (χ1) is 7.91. The van der Waals surface area contributed by atoms with Crippen LogP contribution in [0.15, 0.2) is 18.2 Å². The van der Waals surface area contributed by atoms with Crippen LogP contribution in [0.25, 0.3) is 0 Å². The van der Waals surface area contributed by atoms with Crippen LogP contribution < -0.4 is 10.6 Å². The largest absolute Gasteiger partial charge is 0.480 e. The molecule has 1 aromatic rings. The van der Waals surface area contributed by atoms with Crippen LogP contribution in [-0.2, 0) is 4.79 Å². The van der Waals surface area contributed by atoms with E-state index < -0.39 is 23.9 Å². The summed E-state index contributed by atoms with van der Waals surface area (Å²) in [6, 6.07) is 2.00. The van der Waals surface area contributed by atoms with Gasteiger partial charge in [-0.15, -0.1) is 0 Å². The highest BCUT2D eigenvalue weighted by Gasteiger charge is 2.16.